The van der Waals surface area contributed by atoms with Gasteiger partial charge in [-0.3, -0.25) is 0 Å². The van der Waals surface area contributed by atoms with Crippen molar-refractivity contribution in [2.75, 3.05) is 13.2 Å². The average Bonchev–Trinajstić information content (AvgIpc) is 2.40. The van der Waals surface area contributed by atoms with E-state index in [0.717, 1.165) is 32.3 Å². The number of rotatable bonds is 5. The van der Waals surface area contributed by atoms with Crippen LogP contribution in [0.5, 0.6) is 0 Å². The third-order valence-electron chi connectivity index (χ3n) is 3.58. The van der Waals surface area contributed by atoms with Crippen molar-refractivity contribution in [3.8, 4) is 0 Å². The van der Waals surface area contributed by atoms with Crippen LogP contribution in [0.25, 0.3) is 0 Å². The highest BCUT2D eigenvalue weighted by Gasteiger charge is 2.21. The minimum Gasteiger partial charge on any atom is -0.396 e. The topological polar surface area (TPSA) is 29.5 Å². The van der Waals surface area contributed by atoms with E-state index in [1.54, 1.807) is 0 Å². The summed E-state index contributed by atoms with van der Waals surface area (Å²) >= 11 is 0. The molecule has 0 aromatic heterocycles. The first-order valence-corrected chi connectivity index (χ1v) is 6.65. The Morgan fingerprint density at radius 1 is 1.18 bits per heavy atom. The lowest BCUT2D eigenvalue weighted by atomic mass is 9.88. The van der Waals surface area contributed by atoms with Crippen molar-refractivity contribution >= 4 is 0 Å². The van der Waals surface area contributed by atoms with Crippen LogP contribution >= 0.6 is 0 Å². The fourth-order valence-electron chi connectivity index (χ4n) is 2.55. The first-order valence-electron chi connectivity index (χ1n) is 6.65. The van der Waals surface area contributed by atoms with Gasteiger partial charge >= 0.3 is 0 Å². The summed E-state index contributed by atoms with van der Waals surface area (Å²) in [6.45, 7) is 1.12. The molecule has 1 N–H and O–H groups in total. The van der Waals surface area contributed by atoms with Gasteiger partial charge in [0, 0.05) is 6.61 Å². The largest absolute Gasteiger partial charge is 0.396 e. The molecule has 2 heteroatoms. The summed E-state index contributed by atoms with van der Waals surface area (Å²) in [5.41, 5.74) is 1.34. The number of benzene rings is 1. The highest BCUT2D eigenvalue weighted by molar-refractivity contribution is 5.14. The Morgan fingerprint density at radius 3 is 2.76 bits per heavy atom. The van der Waals surface area contributed by atoms with Crippen LogP contribution in [0.2, 0.25) is 0 Å². The van der Waals surface area contributed by atoms with Gasteiger partial charge in [0.25, 0.3) is 0 Å². The van der Waals surface area contributed by atoms with Crippen molar-refractivity contribution in [3.05, 3.63) is 35.9 Å². The Hall–Kier alpha value is -0.860. The molecule has 1 aromatic carbocycles. The highest BCUT2D eigenvalue weighted by atomic mass is 16.5. The molecule has 0 heterocycles. The molecule has 17 heavy (non-hydrogen) atoms. The minimum atomic E-state index is 0.318. The lowest BCUT2D eigenvalue weighted by Gasteiger charge is -2.27. The maximum absolute atomic E-state index is 9.16. The fourth-order valence-corrected chi connectivity index (χ4v) is 2.55. The van der Waals surface area contributed by atoms with Gasteiger partial charge in [-0.15, -0.1) is 0 Å². The molecular formula is C15H22O2. The molecule has 1 aliphatic rings. The van der Waals surface area contributed by atoms with Crippen molar-refractivity contribution in [3.63, 3.8) is 0 Å². The molecule has 94 valence electrons. The monoisotopic (exact) mass is 234 g/mol. The molecule has 1 saturated carbocycles. The van der Waals surface area contributed by atoms with Gasteiger partial charge < -0.3 is 9.84 Å². The predicted molar refractivity (Wildman–Crippen MR) is 68.9 cm³/mol. The normalized spacial score (nSPS) is 24.8. The second-order valence-corrected chi connectivity index (χ2v) is 4.94. The zero-order valence-electron chi connectivity index (χ0n) is 10.3. The molecule has 0 saturated heterocycles. The second kappa shape index (κ2) is 6.77. The van der Waals surface area contributed by atoms with E-state index in [4.69, 9.17) is 9.84 Å². The Kier molecular flexibility index (Phi) is 5.02. The van der Waals surface area contributed by atoms with Gasteiger partial charge in [0.05, 0.1) is 12.7 Å². The summed E-state index contributed by atoms with van der Waals surface area (Å²) < 4.78 is 5.91. The molecular weight excluding hydrogens is 212 g/mol. The van der Waals surface area contributed by atoms with Crippen LogP contribution in [0.4, 0.5) is 0 Å². The number of hydrogen-bond donors (Lipinski definition) is 1. The summed E-state index contributed by atoms with van der Waals surface area (Å²) in [7, 11) is 0. The Morgan fingerprint density at radius 2 is 2.00 bits per heavy atom. The van der Waals surface area contributed by atoms with E-state index >= 15 is 0 Å². The molecule has 1 fully saturated rings. The standard InChI is InChI=1S/C15H22O2/c16-12-14-7-4-8-15(11-14)17-10-9-13-5-2-1-3-6-13/h1-3,5-6,14-16H,4,7-12H2/t14-,15+/m0/s1. The van der Waals surface area contributed by atoms with Crippen molar-refractivity contribution in [2.45, 2.75) is 38.2 Å². The maximum atomic E-state index is 9.16. The van der Waals surface area contributed by atoms with Crippen LogP contribution in [0, 0.1) is 5.92 Å². The number of hydrogen-bond acceptors (Lipinski definition) is 2. The zero-order valence-corrected chi connectivity index (χ0v) is 10.3. The molecule has 0 unspecified atom stereocenters. The molecule has 0 bridgehead atoms. The summed E-state index contributed by atoms with van der Waals surface area (Å²) in [6.07, 6.45) is 5.90. The lowest BCUT2D eigenvalue weighted by Crippen LogP contribution is -2.25. The molecule has 0 spiro atoms. The van der Waals surface area contributed by atoms with Crippen LogP contribution in [-0.2, 0) is 11.2 Å². The van der Waals surface area contributed by atoms with Gasteiger partial charge in [-0.05, 0) is 37.2 Å². The van der Waals surface area contributed by atoms with Crippen LogP contribution in [0.15, 0.2) is 30.3 Å². The van der Waals surface area contributed by atoms with Gasteiger partial charge in [0.2, 0.25) is 0 Å². The quantitative estimate of drug-likeness (QED) is 0.849. The Labute approximate surface area is 104 Å². The van der Waals surface area contributed by atoms with Crippen molar-refractivity contribution < 1.29 is 9.84 Å². The van der Waals surface area contributed by atoms with E-state index in [9.17, 15) is 0 Å². The molecule has 2 atom stereocenters. The van der Waals surface area contributed by atoms with Gasteiger partial charge in [0.15, 0.2) is 0 Å². The van der Waals surface area contributed by atoms with Crippen LogP contribution in [0.3, 0.4) is 0 Å². The minimum absolute atomic E-state index is 0.318. The highest BCUT2D eigenvalue weighted by Crippen LogP contribution is 2.25. The molecule has 2 rings (SSSR count). The SMILES string of the molecule is OC[C@H]1CCC[C@@H](OCCc2ccccc2)C1. The van der Waals surface area contributed by atoms with Crippen molar-refractivity contribution in [1.82, 2.24) is 0 Å². The second-order valence-electron chi connectivity index (χ2n) is 4.94. The first kappa shape index (κ1) is 12.6. The van der Waals surface area contributed by atoms with E-state index in [1.807, 2.05) is 6.07 Å². The number of aliphatic hydroxyl groups excluding tert-OH is 1. The number of aliphatic hydroxyl groups is 1. The van der Waals surface area contributed by atoms with Crippen molar-refractivity contribution in [2.24, 2.45) is 5.92 Å². The lowest BCUT2D eigenvalue weighted by molar-refractivity contribution is 0.00512. The van der Waals surface area contributed by atoms with Crippen LogP contribution in [-0.4, -0.2) is 24.4 Å². The Balaban J connectivity index is 1.68. The summed E-state index contributed by atoms with van der Waals surface area (Å²) in [5.74, 6) is 0.463. The molecule has 1 aliphatic carbocycles. The van der Waals surface area contributed by atoms with Gasteiger partial charge in [-0.25, -0.2) is 0 Å². The first-order chi connectivity index (χ1) is 8.38. The number of ether oxygens (including phenoxy) is 1. The van der Waals surface area contributed by atoms with E-state index in [1.165, 1.54) is 12.0 Å². The summed E-state index contributed by atoms with van der Waals surface area (Å²) in [4.78, 5) is 0. The molecule has 2 nitrogen and oxygen atoms in total. The van der Waals surface area contributed by atoms with Crippen LogP contribution in [0.1, 0.15) is 31.2 Å². The smallest absolute Gasteiger partial charge is 0.0578 e. The van der Waals surface area contributed by atoms with Gasteiger partial charge in [-0.1, -0.05) is 36.8 Å². The van der Waals surface area contributed by atoms with Gasteiger partial charge in [-0.2, -0.15) is 0 Å². The zero-order chi connectivity index (χ0) is 11.9. The van der Waals surface area contributed by atoms with E-state index < -0.39 is 0 Å². The van der Waals surface area contributed by atoms with Crippen LogP contribution < -0.4 is 0 Å². The molecule has 0 radical (unpaired) electrons. The van der Waals surface area contributed by atoms with Gasteiger partial charge in [0.1, 0.15) is 0 Å². The summed E-state index contributed by atoms with van der Waals surface area (Å²) in [5, 5.41) is 9.16. The van der Waals surface area contributed by atoms with E-state index in [0.29, 0.717) is 18.6 Å². The maximum Gasteiger partial charge on any atom is 0.0578 e. The van der Waals surface area contributed by atoms with Crippen molar-refractivity contribution in [1.29, 1.82) is 0 Å². The fraction of sp³-hybridized carbons (Fsp3) is 0.600. The summed E-state index contributed by atoms with van der Waals surface area (Å²) in [6, 6.07) is 10.5. The van der Waals surface area contributed by atoms with E-state index in [-0.39, 0.29) is 0 Å². The third kappa shape index (κ3) is 4.14. The molecule has 0 aliphatic heterocycles. The third-order valence-corrected chi connectivity index (χ3v) is 3.58. The molecule has 0 amide bonds. The predicted octanol–water partition coefficient (Wildman–Crippen LogP) is 2.80. The molecule has 1 aromatic rings. The average molecular weight is 234 g/mol. The Bertz CT molecular complexity index is 310. The van der Waals surface area contributed by atoms with E-state index in [2.05, 4.69) is 24.3 Å².